The number of hydrogen-bond acceptors (Lipinski definition) is 3. The molecule has 3 nitrogen and oxygen atoms in total. The van der Waals surface area contributed by atoms with Gasteiger partial charge in [-0.2, -0.15) is 0 Å². The summed E-state index contributed by atoms with van der Waals surface area (Å²) in [4.78, 5) is 7.01. The molecule has 3 rings (SSSR count). The van der Waals surface area contributed by atoms with Crippen LogP contribution in [0.25, 0.3) is 10.9 Å². The SMILES string of the molecule is Cl.NCC1CCCN1Cc1cccc2cccnc12. The number of fused-ring (bicyclic) bond motifs is 1. The summed E-state index contributed by atoms with van der Waals surface area (Å²) in [5, 5.41) is 1.22. The lowest BCUT2D eigenvalue weighted by atomic mass is 10.1. The van der Waals surface area contributed by atoms with E-state index in [0.29, 0.717) is 6.04 Å². The number of likely N-dealkylation sites (tertiary alicyclic amines) is 1. The van der Waals surface area contributed by atoms with Crippen molar-refractivity contribution in [2.24, 2.45) is 5.73 Å². The van der Waals surface area contributed by atoms with Crippen LogP contribution in [0.5, 0.6) is 0 Å². The van der Waals surface area contributed by atoms with Crippen molar-refractivity contribution in [1.82, 2.24) is 9.88 Å². The highest BCUT2D eigenvalue weighted by Gasteiger charge is 2.23. The third-order valence-electron chi connectivity index (χ3n) is 3.86. The maximum absolute atomic E-state index is 5.83. The van der Waals surface area contributed by atoms with Crippen LogP contribution in [-0.2, 0) is 6.54 Å². The maximum atomic E-state index is 5.83. The number of nitrogens with two attached hydrogens (primary N) is 1. The first-order valence-electron chi connectivity index (χ1n) is 6.65. The number of benzene rings is 1. The van der Waals surface area contributed by atoms with Crippen LogP contribution in [0.1, 0.15) is 18.4 Å². The Morgan fingerprint density at radius 1 is 1.26 bits per heavy atom. The molecule has 0 bridgehead atoms. The van der Waals surface area contributed by atoms with E-state index in [2.05, 4.69) is 34.1 Å². The van der Waals surface area contributed by atoms with Crippen LogP contribution in [-0.4, -0.2) is 29.0 Å². The zero-order valence-corrected chi connectivity index (χ0v) is 11.8. The van der Waals surface area contributed by atoms with Crippen molar-refractivity contribution in [2.75, 3.05) is 13.1 Å². The molecule has 1 saturated heterocycles. The first-order chi connectivity index (χ1) is 8.88. The molecule has 1 unspecified atom stereocenters. The van der Waals surface area contributed by atoms with Crippen LogP contribution in [0.3, 0.4) is 0 Å². The summed E-state index contributed by atoms with van der Waals surface area (Å²) >= 11 is 0. The van der Waals surface area contributed by atoms with E-state index in [-0.39, 0.29) is 12.4 Å². The average Bonchev–Trinajstić information content (AvgIpc) is 2.86. The predicted molar refractivity (Wildman–Crippen MR) is 81.5 cm³/mol. The van der Waals surface area contributed by atoms with Gasteiger partial charge in [0, 0.05) is 30.7 Å². The summed E-state index contributed by atoms with van der Waals surface area (Å²) in [5.74, 6) is 0. The standard InChI is InChI=1S/C15H19N3.ClH/c16-10-14-7-3-9-18(14)11-13-5-1-4-12-6-2-8-17-15(12)13;/h1-2,4-6,8,14H,3,7,9-11,16H2;1H. The maximum Gasteiger partial charge on any atom is 0.0746 e. The molecule has 0 spiro atoms. The molecular formula is C15H20ClN3. The number of para-hydroxylation sites is 1. The van der Waals surface area contributed by atoms with E-state index in [9.17, 15) is 0 Å². The van der Waals surface area contributed by atoms with E-state index in [1.54, 1.807) is 0 Å². The molecule has 4 heteroatoms. The van der Waals surface area contributed by atoms with E-state index in [1.165, 1.54) is 23.8 Å². The van der Waals surface area contributed by atoms with Gasteiger partial charge in [0.2, 0.25) is 0 Å². The molecule has 1 fully saturated rings. The molecule has 2 aromatic rings. The van der Waals surface area contributed by atoms with Gasteiger partial charge in [-0.1, -0.05) is 24.3 Å². The Kier molecular flexibility index (Phi) is 4.75. The Bertz CT molecular complexity index is 538. The summed E-state index contributed by atoms with van der Waals surface area (Å²) in [6.07, 6.45) is 4.37. The van der Waals surface area contributed by atoms with E-state index in [4.69, 9.17) is 5.73 Å². The molecule has 1 aromatic carbocycles. The molecule has 1 aromatic heterocycles. The Morgan fingerprint density at radius 3 is 2.95 bits per heavy atom. The van der Waals surface area contributed by atoms with Crippen LogP contribution in [0, 0.1) is 0 Å². The number of aromatic nitrogens is 1. The average molecular weight is 278 g/mol. The van der Waals surface area contributed by atoms with E-state index < -0.39 is 0 Å². The third-order valence-corrected chi connectivity index (χ3v) is 3.86. The smallest absolute Gasteiger partial charge is 0.0746 e. The Morgan fingerprint density at radius 2 is 2.11 bits per heavy atom. The second-order valence-electron chi connectivity index (χ2n) is 4.99. The van der Waals surface area contributed by atoms with Crippen LogP contribution in [0.2, 0.25) is 0 Å². The van der Waals surface area contributed by atoms with Crippen molar-refractivity contribution >= 4 is 23.3 Å². The quantitative estimate of drug-likeness (QED) is 0.938. The van der Waals surface area contributed by atoms with Gasteiger partial charge in [-0.05, 0) is 31.0 Å². The Labute approximate surface area is 120 Å². The van der Waals surface area contributed by atoms with E-state index in [0.717, 1.165) is 25.2 Å². The van der Waals surface area contributed by atoms with Gasteiger partial charge in [0.15, 0.2) is 0 Å². The summed E-state index contributed by atoms with van der Waals surface area (Å²) in [6.45, 7) is 2.89. The molecule has 1 aliphatic heterocycles. The molecule has 1 atom stereocenters. The third kappa shape index (κ3) is 2.89. The van der Waals surface area contributed by atoms with Gasteiger partial charge in [-0.25, -0.2) is 0 Å². The molecule has 0 radical (unpaired) electrons. The zero-order chi connectivity index (χ0) is 12.4. The minimum absolute atomic E-state index is 0. The number of halogens is 1. The molecule has 2 N–H and O–H groups in total. The predicted octanol–water partition coefficient (Wildman–Crippen LogP) is 2.58. The van der Waals surface area contributed by atoms with Gasteiger partial charge in [-0.3, -0.25) is 9.88 Å². The molecule has 0 saturated carbocycles. The van der Waals surface area contributed by atoms with Gasteiger partial charge < -0.3 is 5.73 Å². The van der Waals surface area contributed by atoms with Crippen molar-refractivity contribution in [1.29, 1.82) is 0 Å². The second kappa shape index (κ2) is 6.33. The molecule has 19 heavy (non-hydrogen) atoms. The van der Waals surface area contributed by atoms with Gasteiger partial charge >= 0.3 is 0 Å². The fourth-order valence-electron chi connectivity index (χ4n) is 2.88. The van der Waals surface area contributed by atoms with Crippen molar-refractivity contribution < 1.29 is 0 Å². The number of hydrogen-bond donors (Lipinski definition) is 1. The monoisotopic (exact) mass is 277 g/mol. The Hall–Kier alpha value is -1.16. The summed E-state index contributed by atoms with van der Waals surface area (Å²) in [5.41, 5.74) is 8.27. The fraction of sp³-hybridized carbons (Fsp3) is 0.400. The summed E-state index contributed by atoms with van der Waals surface area (Å²) in [7, 11) is 0. The number of nitrogens with zero attached hydrogens (tertiary/aromatic N) is 2. The van der Waals surface area contributed by atoms with Crippen molar-refractivity contribution in [3.8, 4) is 0 Å². The van der Waals surface area contributed by atoms with Gasteiger partial charge in [0.1, 0.15) is 0 Å². The number of pyridine rings is 1. The lowest BCUT2D eigenvalue weighted by molar-refractivity contribution is 0.251. The Balaban J connectivity index is 0.00000133. The van der Waals surface area contributed by atoms with E-state index >= 15 is 0 Å². The topological polar surface area (TPSA) is 42.1 Å². The highest BCUT2D eigenvalue weighted by molar-refractivity contribution is 5.85. The van der Waals surface area contributed by atoms with Gasteiger partial charge in [0.25, 0.3) is 0 Å². The summed E-state index contributed by atoms with van der Waals surface area (Å²) < 4.78 is 0. The van der Waals surface area contributed by atoms with Crippen LogP contribution >= 0.6 is 12.4 Å². The van der Waals surface area contributed by atoms with E-state index in [1.807, 2.05) is 12.3 Å². The lowest BCUT2D eigenvalue weighted by Crippen LogP contribution is -2.34. The van der Waals surface area contributed by atoms with Gasteiger partial charge in [-0.15, -0.1) is 12.4 Å². The highest BCUT2D eigenvalue weighted by Crippen LogP contribution is 2.22. The first-order valence-corrected chi connectivity index (χ1v) is 6.65. The molecule has 2 heterocycles. The lowest BCUT2D eigenvalue weighted by Gasteiger charge is -2.23. The van der Waals surface area contributed by atoms with Gasteiger partial charge in [0.05, 0.1) is 5.52 Å². The number of rotatable bonds is 3. The van der Waals surface area contributed by atoms with Crippen molar-refractivity contribution in [2.45, 2.75) is 25.4 Å². The molecule has 102 valence electrons. The van der Waals surface area contributed by atoms with Crippen molar-refractivity contribution in [3.05, 3.63) is 42.1 Å². The minimum Gasteiger partial charge on any atom is -0.329 e. The van der Waals surface area contributed by atoms with Crippen LogP contribution in [0.15, 0.2) is 36.5 Å². The summed E-state index contributed by atoms with van der Waals surface area (Å²) in [6, 6.07) is 11.1. The molecule has 0 aliphatic carbocycles. The molecular weight excluding hydrogens is 258 g/mol. The fourth-order valence-corrected chi connectivity index (χ4v) is 2.88. The zero-order valence-electron chi connectivity index (χ0n) is 11.0. The van der Waals surface area contributed by atoms with Crippen molar-refractivity contribution in [3.63, 3.8) is 0 Å². The normalized spacial score (nSPS) is 19.5. The first kappa shape index (κ1) is 14.3. The van der Waals surface area contributed by atoms with Crippen LogP contribution in [0.4, 0.5) is 0 Å². The second-order valence-corrected chi connectivity index (χ2v) is 4.99. The molecule has 1 aliphatic rings. The largest absolute Gasteiger partial charge is 0.329 e. The highest BCUT2D eigenvalue weighted by atomic mass is 35.5. The molecule has 0 amide bonds. The van der Waals surface area contributed by atoms with Crippen LogP contribution < -0.4 is 5.73 Å². The minimum atomic E-state index is 0.